The van der Waals surface area contributed by atoms with Crippen molar-refractivity contribution in [2.45, 2.75) is 0 Å². The molecule has 0 unspecified atom stereocenters. The average molecular weight is 546 g/mol. The predicted octanol–water partition coefficient (Wildman–Crippen LogP) is 3.55. The molecule has 39 heavy (non-hydrogen) atoms. The Hall–Kier alpha value is -4.53. The number of nitrogens with one attached hydrogen (secondary N) is 2. The molecule has 2 N–H and O–H groups in total. The molecule has 0 saturated heterocycles. The normalized spacial score (nSPS) is 15.0. The lowest BCUT2D eigenvalue weighted by atomic mass is 9.99. The molecular weight excluding hydrogens is 518 g/mol. The second-order valence-corrected chi connectivity index (χ2v) is 11.4. The summed E-state index contributed by atoms with van der Waals surface area (Å²) >= 11 is 0. The van der Waals surface area contributed by atoms with Crippen molar-refractivity contribution in [1.29, 1.82) is 5.26 Å². The summed E-state index contributed by atoms with van der Waals surface area (Å²) in [6.07, 6.45) is 1.19. The van der Waals surface area contributed by atoms with E-state index in [9.17, 15) is 18.5 Å². The second-order valence-electron chi connectivity index (χ2n) is 9.45. The molecule has 2 aliphatic rings. The number of carbonyl (C=O) groups excluding carboxylic acids is 1. The predicted molar refractivity (Wildman–Crippen MR) is 150 cm³/mol. The molecule has 0 spiro atoms. The first-order chi connectivity index (χ1) is 18.6. The van der Waals surface area contributed by atoms with Crippen LogP contribution in [0.2, 0.25) is 0 Å². The number of rotatable bonds is 8. The van der Waals surface area contributed by atoms with Gasteiger partial charge in [0.25, 0.3) is 5.91 Å². The van der Waals surface area contributed by atoms with Crippen molar-refractivity contribution in [2.24, 2.45) is 0 Å². The monoisotopic (exact) mass is 545 g/mol. The zero-order chi connectivity index (χ0) is 27.7. The van der Waals surface area contributed by atoms with Crippen LogP contribution in [0.25, 0.3) is 11.3 Å². The van der Waals surface area contributed by atoms with Gasteiger partial charge in [-0.2, -0.15) is 5.26 Å². The molecule has 200 valence electrons. The fraction of sp³-hybridized carbons (Fsp3) is 0.214. The number of ether oxygens (including phenoxy) is 2. The van der Waals surface area contributed by atoms with E-state index in [2.05, 4.69) is 16.7 Å². The molecule has 0 radical (unpaired) electrons. The van der Waals surface area contributed by atoms with Gasteiger partial charge in [0.2, 0.25) is 16.8 Å². The molecule has 10 nitrogen and oxygen atoms in total. The van der Waals surface area contributed by atoms with Crippen LogP contribution in [0, 0.1) is 11.3 Å². The van der Waals surface area contributed by atoms with Gasteiger partial charge in [0, 0.05) is 29.9 Å². The summed E-state index contributed by atoms with van der Waals surface area (Å²) in [5, 5.41) is 15.5. The highest BCUT2D eigenvalue weighted by molar-refractivity contribution is 7.92. The van der Waals surface area contributed by atoms with Crippen LogP contribution in [0.3, 0.4) is 0 Å². The first kappa shape index (κ1) is 26.1. The Labute approximate surface area is 227 Å². The van der Waals surface area contributed by atoms with Gasteiger partial charge in [-0.05, 0) is 68.7 Å². The topological polar surface area (TPSA) is 124 Å². The Morgan fingerprint density at radius 1 is 1.03 bits per heavy atom. The van der Waals surface area contributed by atoms with Crippen LogP contribution in [0.1, 0.15) is 16.7 Å². The minimum absolute atomic E-state index is 0.116. The van der Waals surface area contributed by atoms with E-state index in [-0.39, 0.29) is 12.7 Å². The van der Waals surface area contributed by atoms with E-state index in [1.807, 2.05) is 25.1 Å². The summed E-state index contributed by atoms with van der Waals surface area (Å²) in [6.45, 7) is 0.993. The van der Waals surface area contributed by atoms with Crippen LogP contribution in [0.5, 0.6) is 11.5 Å². The second kappa shape index (κ2) is 10.3. The van der Waals surface area contributed by atoms with Crippen LogP contribution < -0.4 is 24.4 Å². The zero-order valence-corrected chi connectivity index (χ0v) is 22.5. The fourth-order valence-electron chi connectivity index (χ4n) is 4.45. The summed E-state index contributed by atoms with van der Waals surface area (Å²) < 4.78 is 37.3. The molecular formula is C28H27N5O5S. The van der Waals surface area contributed by atoms with Gasteiger partial charge in [0.1, 0.15) is 0 Å². The van der Waals surface area contributed by atoms with E-state index in [0.717, 1.165) is 0 Å². The standard InChI is InChI=1S/C28H27N5O5S/c1-32(2)12-13-33(39(3,35)36)21-8-6-20(7-9-21)30-27(19-5-11-24-25(15-19)38-17-37-24)26-22-10-4-18(16-29)14-23(22)31-28(26)34/h4-11,14-15,30H,12-13,17H2,1-3H3,(H,31,34). The van der Waals surface area contributed by atoms with E-state index >= 15 is 0 Å². The van der Waals surface area contributed by atoms with Crippen LogP contribution >= 0.6 is 0 Å². The highest BCUT2D eigenvalue weighted by Gasteiger charge is 2.29. The van der Waals surface area contributed by atoms with E-state index in [0.29, 0.717) is 69.6 Å². The number of amides is 1. The van der Waals surface area contributed by atoms with Crippen LogP contribution in [0.4, 0.5) is 17.1 Å². The van der Waals surface area contributed by atoms with Gasteiger partial charge in [-0.25, -0.2) is 8.42 Å². The minimum Gasteiger partial charge on any atom is -0.454 e. The van der Waals surface area contributed by atoms with Gasteiger partial charge in [0.15, 0.2) is 11.5 Å². The lowest BCUT2D eigenvalue weighted by molar-refractivity contribution is -0.110. The minimum atomic E-state index is -3.48. The number of nitrogens with zero attached hydrogens (tertiary/aromatic N) is 3. The number of sulfonamides is 1. The molecule has 3 aromatic rings. The maximum absolute atomic E-state index is 13.2. The highest BCUT2D eigenvalue weighted by Crippen LogP contribution is 2.41. The number of nitriles is 1. The van der Waals surface area contributed by atoms with Crippen molar-refractivity contribution in [1.82, 2.24) is 4.90 Å². The number of hydrogen-bond donors (Lipinski definition) is 2. The van der Waals surface area contributed by atoms with Crippen LogP contribution in [-0.4, -0.2) is 59.5 Å². The van der Waals surface area contributed by atoms with Crippen LogP contribution in [0.15, 0.2) is 60.7 Å². The fourth-order valence-corrected chi connectivity index (χ4v) is 5.37. The number of hydrogen-bond acceptors (Lipinski definition) is 8. The largest absolute Gasteiger partial charge is 0.454 e. The van der Waals surface area contributed by atoms with Gasteiger partial charge >= 0.3 is 0 Å². The average Bonchev–Trinajstić information content (AvgIpc) is 3.49. The summed E-state index contributed by atoms with van der Waals surface area (Å²) in [5.41, 5.74) is 4.44. The van der Waals surface area contributed by atoms with Crippen molar-refractivity contribution in [3.63, 3.8) is 0 Å². The summed E-state index contributed by atoms with van der Waals surface area (Å²) in [4.78, 5) is 15.1. The van der Waals surface area contributed by atoms with E-state index in [4.69, 9.17) is 9.47 Å². The molecule has 2 heterocycles. The summed E-state index contributed by atoms with van der Waals surface area (Å²) in [7, 11) is 0.289. The van der Waals surface area contributed by atoms with Gasteiger partial charge in [-0.1, -0.05) is 6.07 Å². The van der Waals surface area contributed by atoms with Gasteiger partial charge in [0.05, 0.1) is 40.5 Å². The third kappa shape index (κ3) is 5.38. The molecule has 0 aliphatic carbocycles. The van der Waals surface area contributed by atoms with Crippen LogP contribution in [-0.2, 0) is 14.8 Å². The Morgan fingerprint density at radius 3 is 2.46 bits per heavy atom. The quantitative estimate of drug-likeness (QED) is 0.412. The SMILES string of the molecule is CN(C)CCN(c1ccc(NC(=C2C(=O)Nc3cc(C#N)ccc32)c2ccc3c(c2)OCO3)cc1)S(C)(=O)=O. The van der Waals surface area contributed by atoms with Crippen molar-refractivity contribution in [3.05, 3.63) is 77.4 Å². The summed E-state index contributed by atoms with van der Waals surface area (Å²) in [5.74, 6) is 0.857. The maximum atomic E-state index is 13.2. The molecule has 0 bridgehead atoms. The number of likely N-dealkylation sites (N-methyl/N-ethyl adjacent to an activating group) is 1. The van der Waals surface area contributed by atoms with E-state index < -0.39 is 10.0 Å². The lowest BCUT2D eigenvalue weighted by Gasteiger charge is -2.24. The summed E-state index contributed by atoms with van der Waals surface area (Å²) in [6, 6.07) is 19.5. The van der Waals surface area contributed by atoms with E-state index in [1.54, 1.807) is 54.6 Å². The van der Waals surface area contributed by atoms with Crippen molar-refractivity contribution < 1.29 is 22.7 Å². The molecule has 3 aromatic carbocycles. The van der Waals surface area contributed by atoms with Gasteiger partial charge in [-0.3, -0.25) is 9.10 Å². The Morgan fingerprint density at radius 2 is 1.77 bits per heavy atom. The Kier molecular flexibility index (Phi) is 6.91. The molecule has 0 aromatic heterocycles. The third-order valence-electron chi connectivity index (χ3n) is 6.38. The smallest absolute Gasteiger partial charge is 0.258 e. The van der Waals surface area contributed by atoms with Gasteiger partial charge in [-0.15, -0.1) is 0 Å². The Bertz CT molecular complexity index is 1620. The van der Waals surface area contributed by atoms with E-state index in [1.165, 1.54) is 10.6 Å². The van der Waals surface area contributed by atoms with Crippen molar-refractivity contribution in [3.8, 4) is 17.6 Å². The van der Waals surface area contributed by atoms with Crippen molar-refractivity contribution >= 4 is 44.3 Å². The molecule has 0 atom stereocenters. The first-order valence-electron chi connectivity index (χ1n) is 12.1. The number of anilines is 3. The zero-order valence-electron chi connectivity index (χ0n) is 21.7. The third-order valence-corrected chi connectivity index (χ3v) is 7.57. The molecule has 0 fully saturated rings. The molecule has 11 heteroatoms. The molecule has 2 aliphatic heterocycles. The molecule has 0 saturated carbocycles. The first-order valence-corrected chi connectivity index (χ1v) is 14.0. The Balaban J connectivity index is 1.56. The molecule has 1 amide bonds. The number of carbonyl (C=O) groups is 1. The maximum Gasteiger partial charge on any atom is 0.258 e. The number of fused-ring (bicyclic) bond motifs is 2. The van der Waals surface area contributed by atoms with Gasteiger partial charge < -0.3 is 25.0 Å². The molecule has 5 rings (SSSR count). The van der Waals surface area contributed by atoms with Crippen molar-refractivity contribution in [2.75, 3.05) is 55.2 Å². The lowest BCUT2D eigenvalue weighted by Crippen LogP contribution is -2.35. The number of benzene rings is 3. The highest BCUT2D eigenvalue weighted by atomic mass is 32.2.